The second-order valence-electron chi connectivity index (χ2n) is 6.77. The Morgan fingerprint density at radius 1 is 1.20 bits per heavy atom. The van der Waals surface area contributed by atoms with Gasteiger partial charge in [0.25, 0.3) is 0 Å². The van der Waals surface area contributed by atoms with Gasteiger partial charge in [-0.1, -0.05) is 0 Å². The fourth-order valence-corrected chi connectivity index (χ4v) is 3.16. The summed E-state index contributed by atoms with van der Waals surface area (Å²) in [7, 11) is 2.86. The number of rotatable bonds is 6. The van der Waals surface area contributed by atoms with E-state index in [-0.39, 0.29) is 23.5 Å². The van der Waals surface area contributed by atoms with E-state index in [2.05, 4.69) is 10.4 Å². The predicted molar refractivity (Wildman–Crippen MR) is 99.2 cm³/mol. The van der Waals surface area contributed by atoms with E-state index in [0.29, 0.717) is 11.5 Å². The standard InChI is InChI=1S/C19H20F3N3O5/c1-10-6-16(19(20,21)22)25-17(23-10)8-12(24-25)18(27)30-9-13(26)11-4-5-14(28-2)15(7-11)29-3/h4-5,7-8,10,16,23H,6,9H2,1-3H3/t10-,16+/m1/s1. The maximum Gasteiger partial charge on any atom is 0.410 e. The average molecular weight is 427 g/mol. The number of benzene rings is 1. The summed E-state index contributed by atoms with van der Waals surface area (Å²) >= 11 is 0. The monoisotopic (exact) mass is 427 g/mol. The number of fused-ring (bicyclic) bond motifs is 1. The van der Waals surface area contributed by atoms with Gasteiger partial charge in [0.15, 0.2) is 35.6 Å². The van der Waals surface area contributed by atoms with Gasteiger partial charge < -0.3 is 19.5 Å². The number of Topliss-reactive ketones (excluding diaryl/α,β-unsaturated/α-hetero) is 1. The summed E-state index contributed by atoms with van der Waals surface area (Å²) < 4.78 is 55.8. The quantitative estimate of drug-likeness (QED) is 0.559. The topological polar surface area (TPSA) is 91.7 Å². The highest BCUT2D eigenvalue weighted by atomic mass is 19.4. The first-order valence-electron chi connectivity index (χ1n) is 8.99. The molecule has 1 aromatic heterocycles. The minimum absolute atomic E-state index is 0.0641. The number of carbonyl (C=O) groups is 2. The van der Waals surface area contributed by atoms with Crippen molar-refractivity contribution < 1.29 is 37.0 Å². The fraction of sp³-hybridized carbons (Fsp3) is 0.421. The number of esters is 1. The van der Waals surface area contributed by atoms with Gasteiger partial charge in [-0.2, -0.15) is 18.3 Å². The lowest BCUT2D eigenvalue weighted by Gasteiger charge is -2.31. The van der Waals surface area contributed by atoms with Gasteiger partial charge >= 0.3 is 12.1 Å². The molecule has 1 aromatic carbocycles. The number of ether oxygens (including phenoxy) is 3. The summed E-state index contributed by atoms with van der Waals surface area (Å²) in [5.74, 6) is -0.700. The van der Waals surface area contributed by atoms with Gasteiger partial charge in [-0.25, -0.2) is 9.48 Å². The lowest BCUT2D eigenvalue weighted by atomic mass is 10.1. The summed E-state index contributed by atoms with van der Waals surface area (Å²) in [5, 5.41) is 6.60. The van der Waals surface area contributed by atoms with E-state index in [0.717, 1.165) is 4.68 Å². The molecule has 0 saturated carbocycles. The molecule has 0 unspecified atom stereocenters. The molecular formula is C19H20F3N3O5. The van der Waals surface area contributed by atoms with Crippen molar-refractivity contribution in [3.05, 3.63) is 35.5 Å². The van der Waals surface area contributed by atoms with Crippen LogP contribution in [-0.4, -0.2) is 54.6 Å². The van der Waals surface area contributed by atoms with Crippen LogP contribution >= 0.6 is 0 Å². The Kier molecular flexibility index (Phi) is 5.90. The van der Waals surface area contributed by atoms with Crippen LogP contribution in [0.4, 0.5) is 19.0 Å². The largest absolute Gasteiger partial charge is 0.493 e. The van der Waals surface area contributed by atoms with Crippen LogP contribution in [0.15, 0.2) is 24.3 Å². The molecule has 0 bridgehead atoms. The Bertz CT molecular complexity index is 957. The number of hydrogen-bond acceptors (Lipinski definition) is 7. The van der Waals surface area contributed by atoms with Crippen LogP contribution in [0.2, 0.25) is 0 Å². The van der Waals surface area contributed by atoms with Gasteiger partial charge in [0, 0.05) is 17.7 Å². The van der Waals surface area contributed by atoms with Crippen LogP contribution < -0.4 is 14.8 Å². The van der Waals surface area contributed by atoms with E-state index in [4.69, 9.17) is 14.2 Å². The van der Waals surface area contributed by atoms with Crippen LogP contribution in [-0.2, 0) is 4.74 Å². The average Bonchev–Trinajstić information content (AvgIpc) is 3.13. The molecule has 2 heterocycles. The molecule has 2 aromatic rings. The Morgan fingerprint density at radius 3 is 2.53 bits per heavy atom. The Labute approximate surface area is 169 Å². The van der Waals surface area contributed by atoms with Crippen molar-refractivity contribution in [2.75, 3.05) is 26.1 Å². The molecule has 1 aliphatic rings. The van der Waals surface area contributed by atoms with Gasteiger partial charge in [-0.05, 0) is 31.5 Å². The number of halogens is 3. The third-order valence-corrected chi connectivity index (χ3v) is 4.63. The van der Waals surface area contributed by atoms with Crippen LogP contribution in [0.1, 0.15) is 40.2 Å². The van der Waals surface area contributed by atoms with Gasteiger partial charge in [0.2, 0.25) is 0 Å². The molecule has 0 spiro atoms. The maximum atomic E-state index is 13.3. The number of nitrogens with zero attached hydrogens (tertiary/aromatic N) is 2. The maximum absolute atomic E-state index is 13.3. The van der Waals surface area contributed by atoms with Crippen molar-refractivity contribution in [2.24, 2.45) is 0 Å². The minimum Gasteiger partial charge on any atom is -0.493 e. The molecule has 8 nitrogen and oxygen atoms in total. The van der Waals surface area contributed by atoms with Gasteiger partial charge in [-0.3, -0.25) is 4.79 Å². The lowest BCUT2D eigenvalue weighted by molar-refractivity contribution is -0.173. The highest BCUT2D eigenvalue weighted by Gasteiger charge is 2.45. The van der Waals surface area contributed by atoms with Crippen LogP contribution in [0.3, 0.4) is 0 Å². The predicted octanol–water partition coefficient (Wildman–Crippen LogP) is 3.25. The molecule has 162 valence electrons. The molecule has 0 fully saturated rings. The number of hydrogen-bond donors (Lipinski definition) is 1. The number of ketones is 1. The molecular weight excluding hydrogens is 407 g/mol. The van der Waals surface area contributed by atoms with E-state index in [9.17, 15) is 22.8 Å². The Balaban J connectivity index is 1.71. The van der Waals surface area contributed by atoms with Crippen LogP contribution in [0.25, 0.3) is 0 Å². The van der Waals surface area contributed by atoms with Crippen molar-refractivity contribution in [2.45, 2.75) is 31.6 Å². The summed E-state index contributed by atoms with van der Waals surface area (Å²) in [6.07, 6.45) is -4.73. The lowest BCUT2D eigenvalue weighted by Crippen LogP contribution is -2.37. The van der Waals surface area contributed by atoms with Crippen molar-refractivity contribution >= 4 is 17.6 Å². The van der Waals surface area contributed by atoms with Gasteiger partial charge in [0.1, 0.15) is 5.82 Å². The first-order chi connectivity index (χ1) is 14.1. The van der Waals surface area contributed by atoms with Crippen molar-refractivity contribution in [3.63, 3.8) is 0 Å². The van der Waals surface area contributed by atoms with Crippen LogP contribution in [0.5, 0.6) is 11.5 Å². The summed E-state index contributed by atoms with van der Waals surface area (Å²) in [5.41, 5.74) is -0.0989. The normalized spacial score (nSPS) is 18.2. The smallest absolute Gasteiger partial charge is 0.410 e. The Hall–Kier alpha value is -3.24. The van der Waals surface area contributed by atoms with E-state index >= 15 is 0 Å². The third-order valence-electron chi connectivity index (χ3n) is 4.63. The van der Waals surface area contributed by atoms with Gasteiger partial charge in [-0.15, -0.1) is 0 Å². The number of anilines is 1. The van der Waals surface area contributed by atoms with Crippen LogP contribution in [0, 0.1) is 0 Å². The highest BCUT2D eigenvalue weighted by Crippen LogP contribution is 2.39. The van der Waals surface area contributed by atoms with Crippen molar-refractivity contribution in [1.82, 2.24) is 9.78 Å². The van der Waals surface area contributed by atoms with E-state index in [1.54, 1.807) is 6.92 Å². The molecule has 1 N–H and O–H groups in total. The highest BCUT2D eigenvalue weighted by molar-refractivity contribution is 5.99. The Morgan fingerprint density at radius 2 is 1.90 bits per heavy atom. The van der Waals surface area contributed by atoms with Crippen molar-refractivity contribution in [1.29, 1.82) is 0 Å². The summed E-state index contributed by atoms with van der Waals surface area (Å²) in [6.45, 7) is 0.998. The molecule has 0 saturated heterocycles. The first-order valence-corrected chi connectivity index (χ1v) is 8.99. The van der Waals surface area contributed by atoms with E-state index in [1.807, 2.05) is 0 Å². The number of aromatic nitrogens is 2. The molecule has 30 heavy (non-hydrogen) atoms. The van der Waals surface area contributed by atoms with Gasteiger partial charge in [0.05, 0.1) is 14.2 Å². The number of carbonyl (C=O) groups excluding carboxylic acids is 2. The zero-order chi connectivity index (χ0) is 22.1. The summed E-state index contributed by atoms with van der Waals surface area (Å²) in [6, 6.07) is 3.32. The molecule has 0 radical (unpaired) electrons. The molecule has 1 aliphatic heterocycles. The van der Waals surface area contributed by atoms with E-state index < -0.39 is 36.6 Å². The molecule has 2 atom stereocenters. The second kappa shape index (κ2) is 8.25. The molecule has 0 amide bonds. The molecule has 11 heteroatoms. The van der Waals surface area contributed by atoms with E-state index in [1.165, 1.54) is 38.5 Å². The fourth-order valence-electron chi connectivity index (χ4n) is 3.16. The zero-order valence-corrected chi connectivity index (χ0v) is 16.4. The minimum atomic E-state index is -4.51. The van der Waals surface area contributed by atoms with Crippen molar-refractivity contribution in [3.8, 4) is 11.5 Å². The molecule has 0 aliphatic carbocycles. The SMILES string of the molecule is COc1ccc(C(=O)COC(=O)c2cc3n(n2)[C@H](C(F)(F)F)C[C@@H](C)N3)cc1OC. The number of nitrogens with one attached hydrogen (secondary N) is 1. The molecule has 3 rings (SSSR count). The third kappa shape index (κ3) is 4.34. The first kappa shape index (κ1) is 21.5. The zero-order valence-electron chi connectivity index (χ0n) is 16.4. The summed E-state index contributed by atoms with van der Waals surface area (Å²) in [4.78, 5) is 24.6. The number of methoxy groups -OCH3 is 2. The number of alkyl halides is 3. The second-order valence-corrected chi connectivity index (χ2v) is 6.77.